The summed E-state index contributed by atoms with van der Waals surface area (Å²) in [6, 6.07) is 90.0. The van der Waals surface area contributed by atoms with Crippen LogP contribution in [0.2, 0.25) is 0 Å². The number of hydrogen-bond donors (Lipinski definition) is 0. The van der Waals surface area contributed by atoms with Gasteiger partial charge in [-0.05, 0) is 118 Å². The highest BCUT2D eigenvalue weighted by Crippen LogP contribution is 2.43. The van der Waals surface area contributed by atoms with Crippen molar-refractivity contribution in [3.8, 4) is 44.8 Å². The summed E-state index contributed by atoms with van der Waals surface area (Å²) < 4.78 is 4.79. The first-order valence-corrected chi connectivity index (χ1v) is 21.6. The van der Waals surface area contributed by atoms with Gasteiger partial charge in [0.15, 0.2) is 0 Å². The van der Waals surface area contributed by atoms with Crippen molar-refractivity contribution >= 4 is 60.7 Å². The summed E-state index contributed by atoms with van der Waals surface area (Å²) in [5.41, 5.74) is 17.5. The quantitative estimate of drug-likeness (QED) is 0.149. The van der Waals surface area contributed by atoms with E-state index in [9.17, 15) is 0 Å². The minimum absolute atomic E-state index is 1.08. The molecule has 0 amide bonds. The molecule has 0 bridgehead atoms. The summed E-state index contributed by atoms with van der Waals surface area (Å²) in [4.78, 5) is 2.39. The van der Waals surface area contributed by atoms with Crippen LogP contribution in [0.4, 0.5) is 17.1 Å². The molecule has 0 aliphatic carbocycles. The lowest BCUT2D eigenvalue weighted by Gasteiger charge is -2.26. The van der Waals surface area contributed by atoms with Crippen molar-refractivity contribution in [3.05, 3.63) is 249 Å². The van der Waals surface area contributed by atoms with Crippen LogP contribution in [0.15, 0.2) is 249 Å². The smallest absolute Gasteiger partial charge is 0.0562 e. The number of hydrogen-bond acceptors (Lipinski definition) is 1. The third kappa shape index (κ3) is 6.29. The number of anilines is 3. The van der Waals surface area contributed by atoms with Crippen LogP contribution in [0.3, 0.4) is 0 Å². The Hall–Kier alpha value is -8.40. The van der Waals surface area contributed by atoms with Crippen molar-refractivity contribution in [2.75, 3.05) is 4.90 Å². The van der Waals surface area contributed by atoms with E-state index in [1.807, 2.05) is 0 Å². The van der Waals surface area contributed by atoms with E-state index >= 15 is 0 Å². The topological polar surface area (TPSA) is 13.1 Å². The van der Waals surface area contributed by atoms with Gasteiger partial charge in [-0.3, -0.25) is 0 Å². The van der Waals surface area contributed by atoms with E-state index in [-0.39, 0.29) is 0 Å². The number of para-hydroxylation sites is 3. The van der Waals surface area contributed by atoms with Gasteiger partial charge in [-0.1, -0.05) is 164 Å². The number of fused-ring (bicyclic) bond motifs is 6. The summed E-state index contributed by atoms with van der Waals surface area (Å²) in [5, 5.41) is 4.96. The summed E-state index contributed by atoms with van der Waals surface area (Å²) in [7, 11) is 0. The monoisotopic (exact) mass is 803 g/mol. The standard InChI is InChI=1S/C60H41N3/c1-5-16-42(17-6-1)43-28-33-49(34-29-43)61(50-35-30-44(31-36-50)46-32-39-57-55(40-46)53-24-13-14-26-56(53)62(57)47-20-9-3-10-21-47)51-37-38-54-59(41-51)63(48-22-11-4-12-23-48)58-27-15-25-52(60(54)58)45-18-7-2-8-19-45/h1-41H. The second-order valence-corrected chi connectivity index (χ2v) is 16.2. The molecule has 12 rings (SSSR count). The number of aromatic nitrogens is 2. The van der Waals surface area contributed by atoms with E-state index in [0.717, 1.165) is 34.0 Å². The highest BCUT2D eigenvalue weighted by Gasteiger charge is 2.20. The van der Waals surface area contributed by atoms with E-state index in [1.54, 1.807) is 0 Å². The van der Waals surface area contributed by atoms with Gasteiger partial charge in [-0.25, -0.2) is 0 Å². The van der Waals surface area contributed by atoms with E-state index in [4.69, 9.17) is 0 Å². The molecular formula is C60H41N3. The van der Waals surface area contributed by atoms with E-state index in [0.29, 0.717) is 0 Å². The first-order chi connectivity index (χ1) is 31.3. The molecule has 12 aromatic rings. The van der Waals surface area contributed by atoms with Crippen LogP contribution in [-0.4, -0.2) is 9.13 Å². The predicted molar refractivity (Wildman–Crippen MR) is 266 cm³/mol. The largest absolute Gasteiger partial charge is 0.310 e. The summed E-state index contributed by atoms with van der Waals surface area (Å²) in [6.45, 7) is 0. The molecule has 3 nitrogen and oxygen atoms in total. The first-order valence-electron chi connectivity index (χ1n) is 21.6. The SMILES string of the molecule is c1ccc(-c2ccc(N(c3ccc(-c4ccc5c(c4)c4ccccc4n5-c4ccccc4)cc3)c3ccc4c5c(-c6ccccc6)cccc5n(-c5ccccc5)c4c3)cc2)cc1. The average molecular weight is 804 g/mol. The number of nitrogens with zero attached hydrogens (tertiary/aromatic N) is 3. The van der Waals surface area contributed by atoms with Crippen molar-refractivity contribution < 1.29 is 0 Å². The lowest BCUT2D eigenvalue weighted by atomic mass is 9.99. The molecule has 0 aliphatic heterocycles. The van der Waals surface area contributed by atoms with Gasteiger partial charge >= 0.3 is 0 Å². The van der Waals surface area contributed by atoms with Gasteiger partial charge in [0.1, 0.15) is 0 Å². The van der Waals surface area contributed by atoms with Gasteiger partial charge < -0.3 is 14.0 Å². The van der Waals surface area contributed by atoms with Gasteiger partial charge in [-0.2, -0.15) is 0 Å². The zero-order valence-electron chi connectivity index (χ0n) is 34.5. The maximum absolute atomic E-state index is 2.42. The summed E-state index contributed by atoms with van der Waals surface area (Å²) in [5.74, 6) is 0. The molecule has 3 heteroatoms. The van der Waals surface area contributed by atoms with Gasteiger partial charge in [0.25, 0.3) is 0 Å². The molecule has 10 aromatic carbocycles. The van der Waals surface area contributed by atoms with Crippen LogP contribution >= 0.6 is 0 Å². The molecule has 0 aliphatic rings. The number of rotatable bonds is 8. The van der Waals surface area contributed by atoms with Crippen molar-refractivity contribution in [1.82, 2.24) is 9.13 Å². The molecule has 0 saturated carbocycles. The Morgan fingerprint density at radius 1 is 0.254 bits per heavy atom. The maximum Gasteiger partial charge on any atom is 0.0562 e. The molecule has 0 spiro atoms. The van der Waals surface area contributed by atoms with Crippen LogP contribution in [0.25, 0.3) is 88.4 Å². The van der Waals surface area contributed by atoms with E-state index in [2.05, 4.69) is 263 Å². The van der Waals surface area contributed by atoms with Gasteiger partial charge in [0, 0.05) is 50.0 Å². The van der Waals surface area contributed by atoms with Crippen LogP contribution in [0, 0.1) is 0 Å². The molecule has 0 fully saturated rings. The predicted octanol–water partition coefficient (Wildman–Crippen LogP) is 16.4. The Kier molecular flexibility index (Phi) is 8.83. The Balaban J connectivity index is 1.01. The van der Waals surface area contributed by atoms with Crippen LogP contribution < -0.4 is 4.90 Å². The minimum atomic E-state index is 1.08. The van der Waals surface area contributed by atoms with Crippen LogP contribution in [0.1, 0.15) is 0 Å². The molecule has 0 unspecified atom stereocenters. The normalized spacial score (nSPS) is 11.5. The molecule has 2 heterocycles. The molecule has 63 heavy (non-hydrogen) atoms. The average Bonchev–Trinajstić information content (AvgIpc) is 3.88. The lowest BCUT2D eigenvalue weighted by molar-refractivity contribution is 1.18. The molecule has 0 saturated heterocycles. The van der Waals surface area contributed by atoms with E-state index < -0.39 is 0 Å². The summed E-state index contributed by atoms with van der Waals surface area (Å²) in [6.07, 6.45) is 0. The molecular weight excluding hydrogens is 763 g/mol. The van der Waals surface area contributed by atoms with Crippen molar-refractivity contribution in [3.63, 3.8) is 0 Å². The zero-order chi connectivity index (χ0) is 41.7. The third-order valence-electron chi connectivity index (χ3n) is 12.5. The number of benzene rings is 10. The maximum atomic E-state index is 2.42. The van der Waals surface area contributed by atoms with Gasteiger partial charge in [0.2, 0.25) is 0 Å². The van der Waals surface area contributed by atoms with Crippen molar-refractivity contribution in [2.45, 2.75) is 0 Å². The molecule has 296 valence electrons. The van der Waals surface area contributed by atoms with Crippen LogP contribution in [0.5, 0.6) is 0 Å². The molecule has 0 atom stereocenters. The second-order valence-electron chi connectivity index (χ2n) is 16.2. The van der Waals surface area contributed by atoms with E-state index in [1.165, 1.54) is 71.5 Å². The van der Waals surface area contributed by atoms with Crippen molar-refractivity contribution in [1.29, 1.82) is 0 Å². The molecule has 0 radical (unpaired) electrons. The Morgan fingerprint density at radius 3 is 1.38 bits per heavy atom. The second kappa shape index (κ2) is 15.3. The Labute approximate surface area is 366 Å². The fourth-order valence-electron chi connectivity index (χ4n) is 9.60. The van der Waals surface area contributed by atoms with Crippen molar-refractivity contribution in [2.24, 2.45) is 0 Å². The molecule has 0 N–H and O–H groups in total. The molecule has 2 aromatic heterocycles. The fraction of sp³-hybridized carbons (Fsp3) is 0. The fourth-order valence-corrected chi connectivity index (χ4v) is 9.60. The highest BCUT2D eigenvalue weighted by molar-refractivity contribution is 6.16. The first kappa shape index (κ1) is 36.5. The van der Waals surface area contributed by atoms with Crippen LogP contribution in [-0.2, 0) is 0 Å². The van der Waals surface area contributed by atoms with Gasteiger partial charge in [0.05, 0.1) is 22.1 Å². The zero-order valence-corrected chi connectivity index (χ0v) is 34.5. The Morgan fingerprint density at radius 2 is 0.730 bits per heavy atom. The highest BCUT2D eigenvalue weighted by atomic mass is 15.1. The Bertz CT molecular complexity index is 3570. The summed E-state index contributed by atoms with van der Waals surface area (Å²) >= 11 is 0. The van der Waals surface area contributed by atoms with Gasteiger partial charge in [-0.15, -0.1) is 0 Å². The lowest BCUT2D eigenvalue weighted by Crippen LogP contribution is -2.10. The third-order valence-corrected chi connectivity index (χ3v) is 12.5. The minimum Gasteiger partial charge on any atom is -0.310 e.